The van der Waals surface area contributed by atoms with Crippen LogP contribution in [0.1, 0.15) is 30.6 Å². The van der Waals surface area contributed by atoms with Crippen LogP contribution in [-0.2, 0) is 11.2 Å². The minimum atomic E-state index is -1.13. The zero-order valence-electron chi connectivity index (χ0n) is 10.3. The van der Waals surface area contributed by atoms with Gasteiger partial charge in [-0.25, -0.2) is 4.39 Å². The van der Waals surface area contributed by atoms with E-state index in [9.17, 15) is 9.18 Å². The number of carbonyl (C=O) groups is 1. The van der Waals surface area contributed by atoms with Gasteiger partial charge in [-0.3, -0.25) is 0 Å². The number of ether oxygens (including phenoxy) is 2. The Bertz CT molecular complexity index is 388. The van der Waals surface area contributed by atoms with E-state index in [1.807, 2.05) is 0 Å². The van der Waals surface area contributed by atoms with E-state index in [4.69, 9.17) is 9.47 Å². The molecular weight excluding hydrogens is 223 g/mol. The standard InChI is InChI=1S/C13H17FO3/c1-9(14)11-8-12(16-2)10(5-4-6-15)7-13(11)17-3/h6-9H,4-5H2,1-3H3. The number of halogens is 1. The summed E-state index contributed by atoms with van der Waals surface area (Å²) in [5.41, 5.74) is 1.31. The molecule has 0 aliphatic heterocycles. The molecule has 1 atom stereocenters. The van der Waals surface area contributed by atoms with Crippen molar-refractivity contribution >= 4 is 6.29 Å². The number of aryl methyl sites for hydroxylation is 1. The fourth-order valence-corrected chi connectivity index (χ4v) is 1.71. The van der Waals surface area contributed by atoms with E-state index in [0.717, 1.165) is 11.8 Å². The van der Waals surface area contributed by atoms with Crippen LogP contribution >= 0.6 is 0 Å². The summed E-state index contributed by atoms with van der Waals surface area (Å²) in [6, 6.07) is 3.36. The fraction of sp³-hybridized carbons (Fsp3) is 0.462. The summed E-state index contributed by atoms with van der Waals surface area (Å²) < 4.78 is 23.7. The summed E-state index contributed by atoms with van der Waals surface area (Å²) in [5, 5.41) is 0. The molecule has 1 unspecified atom stereocenters. The smallest absolute Gasteiger partial charge is 0.126 e. The van der Waals surface area contributed by atoms with Crippen molar-refractivity contribution in [3.8, 4) is 11.5 Å². The summed E-state index contributed by atoms with van der Waals surface area (Å²) in [4.78, 5) is 10.4. The first kappa shape index (κ1) is 13.5. The van der Waals surface area contributed by atoms with Crippen LogP contribution in [0.15, 0.2) is 12.1 Å². The van der Waals surface area contributed by atoms with Gasteiger partial charge in [-0.15, -0.1) is 0 Å². The van der Waals surface area contributed by atoms with E-state index in [-0.39, 0.29) is 0 Å². The Morgan fingerprint density at radius 1 is 1.29 bits per heavy atom. The maximum Gasteiger partial charge on any atom is 0.126 e. The minimum absolute atomic E-state index is 0.407. The van der Waals surface area contributed by atoms with Gasteiger partial charge in [0, 0.05) is 12.0 Å². The lowest BCUT2D eigenvalue weighted by Crippen LogP contribution is -1.99. The fourth-order valence-electron chi connectivity index (χ4n) is 1.71. The summed E-state index contributed by atoms with van der Waals surface area (Å²) in [5.74, 6) is 1.08. The van der Waals surface area contributed by atoms with Gasteiger partial charge in [-0.1, -0.05) is 0 Å². The van der Waals surface area contributed by atoms with Crippen LogP contribution in [0.5, 0.6) is 11.5 Å². The van der Waals surface area contributed by atoms with Crippen LogP contribution in [0, 0.1) is 0 Å². The molecule has 17 heavy (non-hydrogen) atoms. The molecule has 4 heteroatoms. The first-order valence-electron chi connectivity index (χ1n) is 5.46. The Balaban J connectivity index is 3.17. The Morgan fingerprint density at radius 2 is 1.94 bits per heavy atom. The topological polar surface area (TPSA) is 35.5 Å². The van der Waals surface area contributed by atoms with Crippen LogP contribution in [0.4, 0.5) is 4.39 Å². The monoisotopic (exact) mass is 240 g/mol. The Hall–Kier alpha value is -1.58. The highest BCUT2D eigenvalue weighted by atomic mass is 19.1. The molecular formula is C13H17FO3. The van der Waals surface area contributed by atoms with Crippen molar-refractivity contribution in [3.63, 3.8) is 0 Å². The lowest BCUT2D eigenvalue weighted by molar-refractivity contribution is -0.107. The summed E-state index contributed by atoms with van der Waals surface area (Å²) in [6.07, 6.45) is 0.685. The highest BCUT2D eigenvalue weighted by Gasteiger charge is 2.15. The maximum atomic E-state index is 13.4. The van der Waals surface area contributed by atoms with Crippen LogP contribution in [0.3, 0.4) is 0 Å². The number of methoxy groups -OCH3 is 2. The lowest BCUT2D eigenvalue weighted by atomic mass is 10.0. The molecule has 0 fully saturated rings. The van der Waals surface area contributed by atoms with Gasteiger partial charge in [0.15, 0.2) is 0 Å². The molecule has 0 bridgehead atoms. The van der Waals surface area contributed by atoms with Gasteiger partial charge in [0.05, 0.1) is 14.2 Å². The van der Waals surface area contributed by atoms with E-state index in [1.54, 1.807) is 12.1 Å². The molecule has 0 saturated heterocycles. The molecule has 1 rings (SSSR count). The highest BCUT2D eigenvalue weighted by Crippen LogP contribution is 2.34. The van der Waals surface area contributed by atoms with Crippen molar-refractivity contribution in [3.05, 3.63) is 23.3 Å². The molecule has 0 aliphatic rings. The number of alkyl halides is 1. The predicted octanol–water partition coefficient (Wildman–Crippen LogP) is 2.87. The lowest BCUT2D eigenvalue weighted by Gasteiger charge is -2.15. The molecule has 94 valence electrons. The van der Waals surface area contributed by atoms with Crippen molar-refractivity contribution in [2.75, 3.05) is 14.2 Å². The molecule has 0 aliphatic carbocycles. The quantitative estimate of drug-likeness (QED) is 0.717. The Kier molecular flexibility index (Phi) is 4.94. The number of rotatable bonds is 6. The van der Waals surface area contributed by atoms with E-state index in [2.05, 4.69) is 0 Å². The zero-order valence-corrected chi connectivity index (χ0v) is 10.3. The van der Waals surface area contributed by atoms with Crippen LogP contribution in [-0.4, -0.2) is 20.5 Å². The first-order chi connectivity index (χ1) is 8.13. The average molecular weight is 240 g/mol. The normalized spacial score (nSPS) is 12.0. The van der Waals surface area contributed by atoms with Gasteiger partial charge in [0.1, 0.15) is 24.0 Å². The van der Waals surface area contributed by atoms with Gasteiger partial charge in [0.25, 0.3) is 0 Å². The number of hydrogen-bond acceptors (Lipinski definition) is 3. The third-order valence-corrected chi connectivity index (χ3v) is 2.59. The number of hydrogen-bond donors (Lipinski definition) is 0. The molecule has 1 aromatic rings. The molecule has 0 aromatic heterocycles. The predicted molar refractivity (Wildman–Crippen MR) is 63.5 cm³/mol. The maximum absolute atomic E-state index is 13.4. The zero-order chi connectivity index (χ0) is 12.8. The number of benzene rings is 1. The van der Waals surface area contributed by atoms with Crippen molar-refractivity contribution in [2.24, 2.45) is 0 Å². The van der Waals surface area contributed by atoms with Gasteiger partial charge in [0.2, 0.25) is 0 Å². The molecule has 3 nitrogen and oxygen atoms in total. The second kappa shape index (κ2) is 6.23. The third kappa shape index (κ3) is 3.19. The third-order valence-electron chi connectivity index (χ3n) is 2.59. The summed E-state index contributed by atoms with van der Waals surface area (Å²) in [6.45, 7) is 1.45. The highest BCUT2D eigenvalue weighted by molar-refractivity contribution is 5.53. The SMILES string of the molecule is COc1cc(C(C)F)c(OC)cc1CCC=O. The van der Waals surface area contributed by atoms with Crippen LogP contribution in [0.25, 0.3) is 0 Å². The first-order valence-corrected chi connectivity index (χ1v) is 5.46. The van der Waals surface area contributed by atoms with E-state index in [1.165, 1.54) is 21.1 Å². The van der Waals surface area contributed by atoms with Crippen LogP contribution < -0.4 is 9.47 Å². The van der Waals surface area contributed by atoms with E-state index in [0.29, 0.717) is 29.9 Å². The molecule has 0 heterocycles. The van der Waals surface area contributed by atoms with Gasteiger partial charge >= 0.3 is 0 Å². The molecule has 0 amide bonds. The van der Waals surface area contributed by atoms with Gasteiger partial charge in [-0.2, -0.15) is 0 Å². The average Bonchev–Trinajstić information content (AvgIpc) is 2.34. The van der Waals surface area contributed by atoms with E-state index >= 15 is 0 Å². The Morgan fingerprint density at radius 3 is 2.41 bits per heavy atom. The Labute approximate surface area is 101 Å². The molecule has 0 radical (unpaired) electrons. The number of aldehydes is 1. The molecule has 0 N–H and O–H groups in total. The van der Waals surface area contributed by atoms with Crippen LogP contribution in [0.2, 0.25) is 0 Å². The molecule has 0 spiro atoms. The number of carbonyl (C=O) groups excluding carboxylic acids is 1. The van der Waals surface area contributed by atoms with Crippen molar-refractivity contribution in [1.82, 2.24) is 0 Å². The summed E-state index contributed by atoms with van der Waals surface area (Å²) >= 11 is 0. The van der Waals surface area contributed by atoms with Gasteiger partial charge < -0.3 is 14.3 Å². The minimum Gasteiger partial charge on any atom is -0.496 e. The molecule has 0 saturated carbocycles. The second-order valence-corrected chi connectivity index (χ2v) is 3.73. The van der Waals surface area contributed by atoms with Crippen molar-refractivity contribution in [1.29, 1.82) is 0 Å². The second-order valence-electron chi connectivity index (χ2n) is 3.73. The molecule has 1 aromatic carbocycles. The van der Waals surface area contributed by atoms with Crippen molar-refractivity contribution in [2.45, 2.75) is 25.9 Å². The van der Waals surface area contributed by atoms with Crippen molar-refractivity contribution < 1.29 is 18.7 Å². The van der Waals surface area contributed by atoms with E-state index < -0.39 is 6.17 Å². The van der Waals surface area contributed by atoms with Gasteiger partial charge in [-0.05, 0) is 31.0 Å². The largest absolute Gasteiger partial charge is 0.496 e. The summed E-state index contributed by atoms with van der Waals surface area (Å²) in [7, 11) is 3.02.